The van der Waals surface area contributed by atoms with Crippen LogP contribution >= 0.6 is 0 Å². The first-order chi connectivity index (χ1) is 12.9. The van der Waals surface area contributed by atoms with E-state index in [-0.39, 0.29) is 36.1 Å². The van der Waals surface area contributed by atoms with Crippen LogP contribution < -0.4 is 11.0 Å². The SMILES string of the molecule is Cc1cc(C)n(CCC(=O)N[C@@H](Cc2ccccc2)C2CC(O)C2)c(=O)n1. The van der Waals surface area contributed by atoms with Crippen LogP contribution in [0.1, 0.15) is 36.2 Å². The number of aliphatic hydroxyl groups is 1. The van der Waals surface area contributed by atoms with Crippen molar-refractivity contribution >= 4 is 5.91 Å². The van der Waals surface area contributed by atoms with Gasteiger partial charge in [0.15, 0.2) is 0 Å². The van der Waals surface area contributed by atoms with E-state index in [0.717, 1.165) is 25.0 Å². The zero-order valence-corrected chi connectivity index (χ0v) is 15.9. The summed E-state index contributed by atoms with van der Waals surface area (Å²) in [6.07, 6.45) is 2.15. The summed E-state index contributed by atoms with van der Waals surface area (Å²) in [5.74, 6) is 0.207. The van der Waals surface area contributed by atoms with Gasteiger partial charge < -0.3 is 10.4 Å². The topological polar surface area (TPSA) is 84.2 Å². The third-order valence-corrected chi connectivity index (χ3v) is 5.27. The Morgan fingerprint density at radius 3 is 2.63 bits per heavy atom. The van der Waals surface area contributed by atoms with Crippen molar-refractivity contribution in [1.82, 2.24) is 14.9 Å². The Hall–Kier alpha value is -2.47. The Bertz CT molecular complexity index is 841. The van der Waals surface area contributed by atoms with Crippen LogP contribution in [-0.2, 0) is 17.8 Å². The molecule has 1 fully saturated rings. The molecule has 1 saturated carbocycles. The van der Waals surface area contributed by atoms with Crippen molar-refractivity contribution in [2.45, 2.75) is 58.2 Å². The van der Waals surface area contributed by atoms with E-state index in [0.29, 0.717) is 12.2 Å². The second-order valence-corrected chi connectivity index (χ2v) is 7.47. The molecule has 144 valence electrons. The summed E-state index contributed by atoms with van der Waals surface area (Å²) in [5.41, 5.74) is 2.34. The minimum absolute atomic E-state index is 0.00254. The standard InChI is InChI=1S/C21H27N3O3/c1-14-10-15(2)24(21(27)22-14)9-8-20(26)23-19(17-12-18(25)13-17)11-16-6-4-3-5-7-16/h3-7,10,17-19,25H,8-9,11-13H2,1-2H3,(H,23,26)/t17?,18?,19-/m0/s1. The lowest BCUT2D eigenvalue weighted by Crippen LogP contribution is -2.48. The first-order valence-corrected chi connectivity index (χ1v) is 9.49. The van der Waals surface area contributed by atoms with Gasteiger partial charge in [-0.1, -0.05) is 30.3 Å². The molecule has 0 bridgehead atoms. The average Bonchev–Trinajstić information content (AvgIpc) is 2.58. The van der Waals surface area contributed by atoms with Crippen molar-refractivity contribution in [2.75, 3.05) is 0 Å². The van der Waals surface area contributed by atoms with Gasteiger partial charge in [-0.3, -0.25) is 9.36 Å². The first-order valence-electron chi connectivity index (χ1n) is 9.49. The van der Waals surface area contributed by atoms with Gasteiger partial charge in [-0.15, -0.1) is 0 Å². The third-order valence-electron chi connectivity index (χ3n) is 5.27. The number of amides is 1. The first kappa shape index (κ1) is 19.3. The van der Waals surface area contributed by atoms with Gasteiger partial charge in [0.05, 0.1) is 6.10 Å². The highest BCUT2D eigenvalue weighted by Gasteiger charge is 2.34. The number of hydrogen-bond acceptors (Lipinski definition) is 4. The summed E-state index contributed by atoms with van der Waals surface area (Å²) in [5, 5.41) is 12.8. The minimum atomic E-state index is -0.316. The number of carbonyl (C=O) groups is 1. The lowest BCUT2D eigenvalue weighted by molar-refractivity contribution is -0.123. The van der Waals surface area contributed by atoms with Crippen LogP contribution in [-0.4, -0.2) is 32.7 Å². The number of benzene rings is 1. The minimum Gasteiger partial charge on any atom is -0.393 e. The van der Waals surface area contributed by atoms with Gasteiger partial charge in [0, 0.05) is 30.4 Å². The van der Waals surface area contributed by atoms with Gasteiger partial charge in [-0.05, 0) is 50.7 Å². The van der Waals surface area contributed by atoms with E-state index in [1.807, 2.05) is 31.2 Å². The maximum atomic E-state index is 12.5. The fourth-order valence-electron chi connectivity index (χ4n) is 3.70. The molecule has 1 aromatic carbocycles. The van der Waals surface area contributed by atoms with Crippen molar-refractivity contribution in [3.8, 4) is 0 Å². The molecule has 3 rings (SSSR count). The molecule has 2 N–H and O–H groups in total. The number of aryl methyl sites for hydroxylation is 2. The summed E-state index contributed by atoms with van der Waals surface area (Å²) in [6, 6.07) is 11.9. The molecule has 1 atom stereocenters. The number of nitrogens with zero attached hydrogens (tertiary/aromatic N) is 2. The van der Waals surface area contributed by atoms with Gasteiger partial charge in [-0.25, -0.2) is 4.79 Å². The molecule has 0 unspecified atom stereocenters. The van der Waals surface area contributed by atoms with Crippen molar-refractivity contribution < 1.29 is 9.90 Å². The molecule has 6 nitrogen and oxygen atoms in total. The van der Waals surface area contributed by atoms with E-state index >= 15 is 0 Å². The lowest BCUT2D eigenvalue weighted by Gasteiger charge is -2.38. The normalized spacial score (nSPS) is 20.0. The quantitative estimate of drug-likeness (QED) is 0.779. The van der Waals surface area contributed by atoms with E-state index in [1.54, 1.807) is 6.92 Å². The summed E-state index contributed by atoms with van der Waals surface area (Å²) < 4.78 is 1.53. The van der Waals surface area contributed by atoms with Gasteiger partial charge in [-0.2, -0.15) is 4.98 Å². The Morgan fingerprint density at radius 1 is 1.30 bits per heavy atom. The number of carbonyl (C=O) groups excluding carboxylic acids is 1. The monoisotopic (exact) mass is 369 g/mol. The maximum Gasteiger partial charge on any atom is 0.347 e. The van der Waals surface area contributed by atoms with E-state index in [1.165, 1.54) is 10.1 Å². The molecule has 1 aromatic heterocycles. The Morgan fingerprint density at radius 2 is 2.00 bits per heavy atom. The maximum absolute atomic E-state index is 12.5. The van der Waals surface area contributed by atoms with Crippen LogP contribution in [0, 0.1) is 19.8 Å². The van der Waals surface area contributed by atoms with E-state index < -0.39 is 0 Å². The Kier molecular flexibility index (Phi) is 6.06. The van der Waals surface area contributed by atoms with Gasteiger partial charge in [0.2, 0.25) is 5.91 Å². The molecular formula is C21H27N3O3. The third kappa shape index (κ3) is 5.04. The zero-order chi connectivity index (χ0) is 19.4. The molecule has 27 heavy (non-hydrogen) atoms. The summed E-state index contributed by atoms with van der Waals surface area (Å²) in [7, 11) is 0. The molecule has 0 radical (unpaired) electrons. The average molecular weight is 369 g/mol. The predicted octanol–water partition coefficient (Wildman–Crippen LogP) is 1.75. The zero-order valence-electron chi connectivity index (χ0n) is 15.9. The number of nitrogens with one attached hydrogen (secondary N) is 1. The molecule has 6 heteroatoms. The van der Waals surface area contributed by atoms with E-state index in [4.69, 9.17) is 0 Å². The number of rotatable bonds is 7. The molecule has 2 aromatic rings. The molecule has 0 spiro atoms. The van der Waals surface area contributed by atoms with Crippen LogP contribution in [0.3, 0.4) is 0 Å². The van der Waals surface area contributed by atoms with Crippen molar-refractivity contribution in [1.29, 1.82) is 0 Å². The van der Waals surface area contributed by atoms with Crippen molar-refractivity contribution in [2.24, 2.45) is 5.92 Å². The van der Waals surface area contributed by atoms with Crippen molar-refractivity contribution in [3.63, 3.8) is 0 Å². The van der Waals surface area contributed by atoms with Crippen LogP contribution in [0.4, 0.5) is 0 Å². The molecule has 1 amide bonds. The van der Waals surface area contributed by atoms with Crippen molar-refractivity contribution in [3.05, 3.63) is 63.8 Å². The Labute approximate surface area is 159 Å². The number of hydrogen-bond donors (Lipinski definition) is 2. The molecule has 1 heterocycles. The summed E-state index contributed by atoms with van der Waals surface area (Å²) in [6.45, 7) is 3.95. The smallest absolute Gasteiger partial charge is 0.347 e. The lowest BCUT2D eigenvalue weighted by atomic mass is 9.75. The summed E-state index contributed by atoms with van der Waals surface area (Å²) >= 11 is 0. The highest BCUT2D eigenvalue weighted by Crippen LogP contribution is 2.31. The number of aliphatic hydroxyl groups excluding tert-OH is 1. The second-order valence-electron chi connectivity index (χ2n) is 7.47. The Balaban J connectivity index is 1.61. The predicted molar refractivity (Wildman–Crippen MR) is 103 cm³/mol. The fourth-order valence-corrected chi connectivity index (χ4v) is 3.70. The van der Waals surface area contributed by atoms with Crippen LogP contribution in [0.25, 0.3) is 0 Å². The molecular weight excluding hydrogens is 342 g/mol. The van der Waals surface area contributed by atoms with Crippen LogP contribution in [0.2, 0.25) is 0 Å². The molecule has 0 saturated heterocycles. The van der Waals surface area contributed by atoms with Gasteiger partial charge in [0.1, 0.15) is 0 Å². The summed E-state index contributed by atoms with van der Waals surface area (Å²) in [4.78, 5) is 28.5. The highest BCUT2D eigenvalue weighted by atomic mass is 16.3. The van der Waals surface area contributed by atoms with E-state index in [9.17, 15) is 14.7 Å². The molecule has 1 aliphatic carbocycles. The largest absolute Gasteiger partial charge is 0.393 e. The number of aromatic nitrogens is 2. The fraction of sp³-hybridized carbons (Fsp3) is 0.476. The van der Waals surface area contributed by atoms with Gasteiger partial charge >= 0.3 is 5.69 Å². The molecule has 1 aliphatic rings. The second kappa shape index (κ2) is 8.48. The van der Waals surface area contributed by atoms with Gasteiger partial charge in [0.25, 0.3) is 0 Å². The molecule has 0 aliphatic heterocycles. The highest BCUT2D eigenvalue weighted by molar-refractivity contribution is 5.76. The van der Waals surface area contributed by atoms with E-state index in [2.05, 4.69) is 22.4 Å². The van der Waals surface area contributed by atoms with Crippen LogP contribution in [0.5, 0.6) is 0 Å². The van der Waals surface area contributed by atoms with Crippen LogP contribution in [0.15, 0.2) is 41.2 Å².